The summed E-state index contributed by atoms with van der Waals surface area (Å²) in [7, 11) is 4.07. The normalized spacial score (nSPS) is 12.0. The van der Waals surface area contributed by atoms with E-state index in [4.69, 9.17) is 0 Å². The maximum absolute atomic E-state index is 12.7. The third-order valence-corrected chi connectivity index (χ3v) is 5.58. The van der Waals surface area contributed by atoms with Gasteiger partial charge >= 0.3 is 0 Å². The van der Waals surface area contributed by atoms with E-state index in [-0.39, 0.29) is 11.9 Å². The minimum absolute atomic E-state index is 0.0344. The molecule has 6 nitrogen and oxygen atoms in total. The summed E-state index contributed by atoms with van der Waals surface area (Å²) in [5.74, 6) is 0.639. The molecule has 0 aliphatic carbocycles. The largest absolute Gasteiger partial charge is 0.361 e. The Morgan fingerprint density at radius 3 is 2.56 bits per heavy atom. The third kappa shape index (κ3) is 5.30. The molecule has 4 rings (SSSR count). The lowest BCUT2D eigenvalue weighted by atomic mass is 10.0. The fourth-order valence-electron chi connectivity index (χ4n) is 3.52. The van der Waals surface area contributed by atoms with Gasteiger partial charge < -0.3 is 15.5 Å². The summed E-state index contributed by atoms with van der Waals surface area (Å²) in [4.78, 5) is 23.6. The van der Waals surface area contributed by atoms with Crippen molar-refractivity contribution in [2.75, 3.05) is 31.3 Å². The van der Waals surface area contributed by atoms with Crippen LogP contribution in [0.25, 0.3) is 10.9 Å². The van der Waals surface area contributed by atoms with Gasteiger partial charge in [0.15, 0.2) is 0 Å². The number of amides is 1. The van der Waals surface area contributed by atoms with Gasteiger partial charge in [-0.15, -0.1) is 0 Å². The summed E-state index contributed by atoms with van der Waals surface area (Å²) in [6.07, 6.45) is 1.58. The average molecular weight is 490 g/mol. The molecule has 1 amide bonds. The molecular formula is C25H24BrN5O. The summed E-state index contributed by atoms with van der Waals surface area (Å²) < 4.78 is 0.936. The molecule has 0 bridgehead atoms. The van der Waals surface area contributed by atoms with Crippen LogP contribution in [0.1, 0.15) is 22.0 Å². The summed E-state index contributed by atoms with van der Waals surface area (Å²) >= 11 is 3.40. The number of halogens is 1. The van der Waals surface area contributed by atoms with Gasteiger partial charge in [0, 0.05) is 27.7 Å². The number of rotatable bonds is 7. The van der Waals surface area contributed by atoms with Crippen LogP contribution in [-0.2, 0) is 0 Å². The Morgan fingerprint density at radius 2 is 1.78 bits per heavy atom. The van der Waals surface area contributed by atoms with Crippen LogP contribution in [0, 0.1) is 0 Å². The lowest BCUT2D eigenvalue weighted by molar-refractivity contribution is 0.102. The standard InChI is InChI=1S/C25H24BrN5O/c1-31(2)15-23(30-24-21-8-3-4-9-22(21)27-16-28-24)18-6-5-7-20(14-18)29-25(32)17-10-12-19(26)13-11-17/h3-14,16,23H,15H2,1-2H3,(H,29,32)(H,27,28,30). The summed E-state index contributed by atoms with van der Waals surface area (Å²) in [5, 5.41) is 7.55. The minimum Gasteiger partial charge on any atom is -0.361 e. The van der Waals surface area contributed by atoms with Crippen molar-refractivity contribution in [3.8, 4) is 0 Å². The number of nitrogens with zero attached hydrogens (tertiary/aromatic N) is 3. The van der Waals surface area contributed by atoms with Crippen molar-refractivity contribution in [3.05, 3.63) is 94.7 Å². The number of anilines is 2. The Balaban J connectivity index is 1.59. The number of hydrogen-bond donors (Lipinski definition) is 2. The first-order chi connectivity index (χ1) is 15.5. The van der Waals surface area contributed by atoms with E-state index in [1.807, 2.05) is 68.7 Å². The van der Waals surface area contributed by atoms with Gasteiger partial charge in [0.1, 0.15) is 12.1 Å². The predicted octanol–water partition coefficient (Wildman–Crippen LogP) is 5.36. The molecule has 0 aliphatic heterocycles. The molecule has 162 valence electrons. The van der Waals surface area contributed by atoms with Crippen LogP contribution in [0.2, 0.25) is 0 Å². The van der Waals surface area contributed by atoms with E-state index in [2.05, 4.69) is 47.5 Å². The van der Waals surface area contributed by atoms with Gasteiger partial charge in [-0.1, -0.05) is 40.2 Å². The number of benzene rings is 3. The molecule has 2 N–H and O–H groups in total. The molecule has 1 atom stereocenters. The van der Waals surface area contributed by atoms with E-state index in [1.54, 1.807) is 18.5 Å². The zero-order valence-corrected chi connectivity index (χ0v) is 19.5. The van der Waals surface area contributed by atoms with Gasteiger partial charge in [-0.3, -0.25) is 4.79 Å². The molecule has 0 spiro atoms. The molecule has 0 fully saturated rings. The molecule has 4 aromatic rings. The first-order valence-electron chi connectivity index (χ1n) is 10.3. The fourth-order valence-corrected chi connectivity index (χ4v) is 3.79. The van der Waals surface area contributed by atoms with Crippen molar-refractivity contribution >= 4 is 44.2 Å². The molecule has 1 unspecified atom stereocenters. The van der Waals surface area contributed by atoms with Crippen LogP contribution in [0.4, 0.5) is 11.5 Å². The number of aromatic nitrogens is 2. The fraction of sp³-hybridized carbons (Fsp3) is 0.160. The first kappa shape index (κ1) is 21.9. The lowest BCUT2D eigenvalue weighted by Crippen LogP contribution is -2.26. The number of nitrogens with one attached hydrogen (secondary N) is 2. The van der Waals surface area contributed by atoms with Crippen molar-refractivity contribution in [2.45, 2.75) is 6.04 Å². The highest BCUT2D eigenvalue weighted by Crippen LogP contribution is 2.26. The highest BCUT2D eigenvalue weighted by atomic mass is 79.9. The molecule has 7 heteroatoms. The van der Waals surface area contributed by atoms with Crippen molar-refractivity contribution in [1.29, 1.82) is 0 Å². The Kier molecular flexibility index (Phi) is 6.78. The lowest BCUT2D eigenvalue weighted by Gasteiger charge is -2.24. The van der Waals surface area contributed by atoms with Crippen molar-refractivity contribution < 1.29 is 4.79 Å². The number of carbonyl (C=O) groups is 1. The molecule has 1 aromatic heterocycles. The van der Waals surface area contributed by atoms with Crippen LogP contribution < -0.4 is 10.6 Å². The second kappa shape index (κ2) is 9.89. The average Bonchev–Trinajstić information content (AvgIpc) is 2.79. The zero-order valence-electron chi connectivity index (χ0n) is 17.9. The Labute approximate surface area is 195 Å². The third-order valence-electron chi connectivity index (χ3n) is 5.05. The molecule has 0 saturated heterocycles. The molecule has 0 radical (unpaired) electrons. The maximum atomic E-state index is 12.7. The molecule has 0 saturated carbocycles. The number of carbonyl (C=O) groups excluding carboxylic acids is 1. The molecule has 32 heavy (non-hydrogen) atoms. The Hall–Kier alpha value is -3.29. The van der Waals surface area contributed by atoms with Crippen LogP contribution in [-0.4, -0.2) is 41.4 Å². The van der Waals surface area contributed by atoms with Crippen molar-refractivity contribution in [1.82, 2.24) is 14.9 Å². The minimum atomic E-state index is -0.145. The summed E-state index contributed by atoms with van der Waals surface area (Å²) in [6.45, 7) is 0.752. The van der Waals surface area contributed by atoms with Crippen LogP contribution >= 0.6 is 15.9 Å². The van der Waals surface area contributed by atoms with Gasteiger partial charge in [0.2, 0.25) is 0 Å². The van der Waals surface area contributed by atoms with Crippen LogP contribution in [0.3, 0.4) is 0 Å². The van der Waals surface area contributed by atoms with Crippen molar-refractivity contribution in [2.24, 2.45) is 0 Å². The highest BCUT2D eigenvalue weighted by Gasteiger charge is 2.16. The monoisotopic (exact) mass is 489 g/mol. The zero-order chi connectivity index (χ0) is 22.5. The predicted molar refractivity (Wildman–Crippen MR) is 133 cm³/mol. The second-order valence-corrected chi connectivity index (χ2v) is 8.70. The number of hydrogen-bond acceptors (Lipinski definition) is 5. The second-order valence-electron chi connectivity index (χ2n) is 7.79. The molecule has 3 aromatic carbocycles. The van der Waals surface area contributed by atoms with Crippen molar-refractivity contribution in [3.63, 3.8) is 0 Å². The topological polar surface area (TPSA) is 70.2 Å². The Morgan fingerprint density at radius 1 is 1.00 bits per heavy atom. The van der Waals surface area contributed by atoms with Gasteiger partial charge in [-0.2, -0.15) is 0 Å². The number of para-hydroxylation sites is 1. The van der Waals surface area contributed by atoms with E-state index in [0.29, 0.717) is 5.56 Å². The number of fused-ring (bicyclic) bond motifs is 1. The summed E-state index contributed by atoms with van der Waals surface area (Å²) in [5.41, 5.74) is 3.29. The van der Waals surface area contributed by atoms with Crippen LogP contribution in [0.5, 0.6) is 0 Å². The molecule has 0 aliphatic rings. The summed E-state index contributed by atoms with van der Waals surface area (Å²) in [6, 6.07) is 23.1. The molecular weight excluding hydrogens is 466 g/mol. The number of likely N-dealkylation sites (N-methyl/N-ethyl adjacent to an activating group) is 1. The Bertz CT molecular complexity index is 1220. The SMILES string of the molecule is CN(C)CC(Nc1ncnc2ccccc12)c1cccc(NC(=O)c2ccc(Br)cc2)c1. The first-order valence-corrected chi connectivity index (χ1v) is 11.1. The maximum Gasteiger partial charge on any atom is 0.255 e. The van der Waals surface area contributed by atoms with E-state index < -0.39 is 0 Å². The smallest absolute Gasteiger partial charge is 0.255 e. The quantitative estimate of drug-likeness (QED) is 0.365. The van der Waals surface area contributed by atoms with Gasteiger partial charge in [0.25, 0.3) is 5.91 Å². The van der Waals surface area contributed by atoms with E-state index in [0.717, 1.165) is 39.0 Å². The van der Waals surface area contributed by atoms with Crippen LogP contribution in [0.15, 0.2) is 83.6 Å². The van der Waals surface area contributed by atoms with E-state index >= 15 is 0 Å². The highest BCUT2D eigenvalue weighted by molar-refractivity contribution is 9.10. The van der Waals surface area contributed by atoms with E-state index in [1.165, 1.54) is 0 Å². The van der Waals surface area contributed by atoms with Gasteiger partial charge in [0.05, 0.1) is 11.6 Å². The van der Waals surface area contributed by atoms with Gasteiger partial charge in [-0.25, -0.2) is 9.97 Å². The van der Waals surface area contributed by atoms with E-state index in [9.17, 15) is 4.79 Å². The van der Waals surface area contributed by atoms with Gasteiger partial charge in [-0.05, 0) is 68.2 Å². The molecule has 1 heterocycles.